The molecule has 1 aromatic carbocycles. The molecule has 4 bridgehead atoms. The summed E-state index contributed by atoms with van der Waals surface area (Å²) in [6.45, 7) is 11.2. The van der Waals surface area contributed by atoms with Crippen LogP contribution in [-0.2, 0) is 14.9 Å². The van der Waals surface area contributed by atoms with Crippen molar-refractivity contribution in [2.24, 2.45) is 33.5 Å². The molecular formula is C26H36O4S. The minimum absolute atomic E-state index is 0.108. The van der Waals surface area contributed by atoms with Crippen LogP contribution in [0.1, 0.15) is 84.6 Å². The Bertz CT molecular complexity index is 1040. The maximum Gasteiger partial charge on any atom is 0.310 e. The molecule has 0 N–H and O–H groups in total. The molecule has 0 saturated heterocycles. The molecule has 0 unspecified atom stereocenters. The van der Waals surface area contributed by atoms with E-state index in [0.717, 1.165) is 18.4 Å². The van der Waals surface area contributed by atoms with Gasteiger partial charge in [0.25, 0.3) is 0 Å². The summed E-state index contributed by atoms with van der Waals surface area (Å²) in [5.74, 6) is 1.62. The number of Topliss-reactive ketones (excluding diaryl/α,β-unsaturated/α-hetero) is 1. The smallest absolute Gasteiger partial charge is 0.310 e. The fourth-order valence-electron chi connectivity index (χ4n) is 8.09. The molecule has 0 aromatic heterocycles. The van der Waals surface area contributed by atoms with Gasteiger partial charge in [-0.15, -0.1) is 0 Å². The Kier molecular flexibility index (Phi) is 4.41. The van der Waals surface area contributed by atoms with Gasteiger partial charge in [-0.05, 0) is 77.7 Å². The predicted molar refractivity (Wildman–Crippen MR) is 121 cm³/mol. The summed E-state index contributed by atoms with van der Waals surface area (Å²) < 4.78 is 32.5. The second-order valence-corrected chi connectivity index (χ2v) is 13.7. The molecule has 4 saturated carbocycles. The first-order chi connectivity index (χ1) is 14.3. The van der Waals surface area contributed by atoms with Crippen molar-refractivity contribution in [3.63, 3.8) is 0 Å². The van der Waals surface area contributed by atoms with E-state index in [-0.39, 0.29) is 27.8 Å². The molecule has 5 rings (SSSR count). The Morgan fingerprint density at radius 2 is 1.65 bits per heavy atom. The van der Waals surface area contributed by atoms with E-state index in [1.807, 2.05) is 18.2 Å². The molecule has 5 heteroatoms. The average molecular weight is 445 g/mol. The SMILES string of the molecule is CC1(C)[C@H]2CC[C@]1(CS(=O)(=O)Oc1ccccc1[C@@H]1C[C@@H]3CC[C@@]1(C)C3(C)C)C(=O)C2. The van der Waals surface area contributed by atoms with Gasteiger partial charge in [-0.2, -0.15) is 8.42 Å². The standard InChI is InChI=1S/C26H36O4S/c1-23(2)17-10-12-25(23,5)20(14-17)19-8-6-7-9-21(19)30-31(28,29)16-26-13-11-18(15-22(26)27)24(26,3)4/h6-9,17-18,20H,10-16H2,1-5H3/t17-,18-,20-,25+,26-/m0/s1. The van der Waals surface area contributed by atoms with Crippen molar-refractivity contribution in [2.75, 3.05) is 5.75 Å². The number of hydrogen-bond acceptors (Lipinski definition) is 4. The number of hydrogen-bond donors (Lipinski definition) is 0. The Balaban J connectivity index is 1.45. The Morgan fingerprint density at radius 3 is 2.19 bits per heavy atom. The van der Waals surface area contributed by atoms with Gasteiger partial charge in [0.15, 0.2) is 0 Å². The second-order valence-electron chi connectivity index (χ2n) is 12.2. The number of para-hydroxylation sites is 1. The van der Waals surface area contributed by atoms with Crippen molar-refractivity contribution in [3.05, 3.63) is 29.8 Å². The summed E-state index contributed by atoms with van der Waals surface area (Å²) in [4.78, 5) is 12.9. The maximum atomic E-state index is 13.3. The third-order valence-electron chi connectivity index (χ3n) is 10.9. The molecule has 4 aliphatic carbocycles. The molecular weight excluding hydrogens is 408 g/mol. The molecule has 0 heterocycles. The molecule has 0 aliphatic heterocycles. The van der Waals surface area contributed by atoms with Crippen LogP contribution in [0.3, 0.4) is 0 Å². The number of ketones is 1. The lowest BCUT2D eigenvalue weighted by atomic mass is 9.65. The number of benzene rings is 1. The second kappa shape index (κ2) is 6.36. The van der Waals surface area contributed by atoms with Crippen LogP contribution in [0.25, 0.3) is 0 Å². The van der Waals surface area contributed by atoms with E-state index in [2.05, 4.69) is 34.6 Å². The highest BCUT2D eigenvalue weighted by atomic mass is 32.2. The lowest BCUT2D eigenvalue weighted by Crippen LogP contribution is -2.43. The van der Waals surface area contributed by atoms with Crippen LogP contribution in [0, 0.1) is 33.5 Å². The van der Waals surface area contributed by atoms with Gasteiger partial charge in [-0.3, -0.25) is 4.79 Å². The van der Waals surface area contributed by atoms with E-state index in [1.165, 1.54) is 12.8 Å². The Morgan fingerprint density at radius 1 is 0.968 bits per heavy atom. The predicted octanol–water partition coefficient (Wildman–Crippen LogP) is 5.72. The van der Waals surface area contributed by atoms with E-state index in [1.54, 1.807) is 6.07 Å². The highest BCUT2D eigenvalue weighted by Crippen LogP contribution is 2.71. The fourth-order valence-corrected chi connectivity index (χ4v) is 9.86. The van der Waals surface area contributed by atoms with Crippen molar-refractivity contribution in [2.45, 2.75) is 79.1 Å². The van der Waals surface area contributed by atoms with Crippen molar-refractivity contribution >= 4 is 15.9 Å². The van der Waals surface area contributed by atoms with Gasteiger partial charge in [0, 0.05) is 6.42 Å². The van der Waals surface area contributed by atoms with E-state index in [4.69, 9.17) is 4.18 Å². The van der Waals surface area contributed by atoms with E-state index in [0.29, 0.717) is 36.3 Å². The molecule has 31 heavy (non-hydrogen) atoms. The molecule has 170 valence electrons. The first-order valence-corrected chi connectivity index (χ1v) is 13.5. The van der Waals surface area contributed by atoms with Gasteiger partial charge < -0.3 is 4.18 Å². The lowest BCUT2D eigenvalue weighted by Gasteiger charge is -2.40. The monoisotopic (exact) mass is 444 g/mol. The third kappa shape index (κ3) is 2.71. The van der Waals surface area contributed by atoms with Crippen LogP contribution < -0.4 is 4.18 Å². The summed E-state index contributed by atoms with van der Waals surface area (Å²) >= 11 is 0. The van der Waals surface area contributed by atoms with Gasteiger partial charge >= 0.3 is 10.1 Å². The number of carbonyl (C=O) groups is 1. The number of fused-ring (bicyclic) bond motifs is 4. The summed E-state index contributed by atoms with van der Waals surface area (Å²) in [6.07, 6.45) is 5.61. The van der Waals surface area contributed by atoms with Gasteiger partial charge in [0.2, 0.25) is 0 Å². The van der Waals surface area contributed by atoms with Crippen LogP contribution in [0.15, 0.2) is 24.3 Å². The van der Waals surface area contributed by atoms with Crippen LogP contribution in [0.4, 0.5) is 0 Å². The maximum absolute atomic E-state index is 13.3. The number of rotatable bonds is 5. The largest absolute Gasteiger partial charge is 0.382 e. The van der Waals surface area contributed by atoms with Crippen LogP contribution in [0.5, 0.6) is 5.75 Å². The average Bonchev–Trinajstić information content (AvgIpc) is 3.20. The molecule has 0 amide bonds. The first kappa shape index (κ1) is 21.5. The fraction of sp³-hybridized carbons (Fsp3) is 0.731. The van der Waals surface area contributed by atoms with Crippen molar-refractivity contribution in [1.82, 2.24) is 0 Å². The molecule has 0 spiro atoms. The molecule has 1 aromatic rings. The minimum atomic E-state index is -3.90. The van der Waals surface area contributed by atoms with Crippen LogP contribution in [-0.4, -0.2) is 20.0 Å². The topological polar surface area (TPSA) is 60.4 Å². The Hall–Kier alpha value is -1.36. The van der Waals surface area contributed by atoms with Crippen LogP contribution in [0.2, 0.25) is 0 Å². The van der Waals surface area contributed by atoms with E-state index in [9.17, 15) is 13.2 Å². The van der Waals surface area contributed by atoms with Gasteiger partial charge in [-0.1, -0.05) is 52.8 Å². The first-order valence-electron chi connectivity index (χ1n) is 11.9. The minimum Gasteiger partial charge on any atom is -0.382 e. The van der Waals surface area contributed by atoms with Crippen LogP contribution >= 0.6 is 0 Å². The van der Waals surface area contributed by atoms with Crippen molar-refractivity contribution in [3.8, 4) is 5.75 Å². The summed E-state index contributed by atoms with van der Waals surface area (Å²) in [5.41, 5.74) is 0.305. The molecule has 4 nitrogen and oxygen atoms in total. The van der Waals surface area contributed by atoms with E-state index >= 15 is 0 Å². The van der Waals surface area contributed by atoms with Crippen molar-refractivity contribution in [1.29, 1.82) is 0 Å². The zero-order valence-electron chi connectivity index (χ0n) is 19.5. The normalized spacial score (nSPS) is 39.9. The quantitative estimate of drug-likeness (QED) is 0.545. The molecule has 4 fully saturated rings. The molecule has 5 atom stereocenters. The Labute approximate surface area is 187 Å². The van der Waals surface area contributed by atoms with Gasteiger partial charge in [-0.25, -0.2) is 0 Å². The highest BCUT2D eigenvalue weighted by Gasteiger charge is 2.66. The molecule has 0 radical (unpaired) electrons. The summed E-state index contributed by atoms with van der Waals surface area (Å²) in [6, 6.07) is 7.68. The van der Waals surface area contributed by atoms with Gasteiger partial charge in [0.05, 0.1) is 11.2 Å². The highest BCUT2D eigenvalue weighted by molar-refractivity contribution is 7.87. The lowest BCUT2D eigenvalue weighted by molar-refractivity contribution is -0.128. The summed E-state index contributed by atoms with van der Waals surface area (Å²) in [7, 11) is -3.90. The number of carbonyl (C=O) groups excluding carboxylic acids is 1. The zero-order chi connectivity index (χ0) is 22.4. The zero-order valence-corrected chi connectivity index (χ0v) is 20.3. The van der Waals surface area contributed by atoms with E-state index < -0.39 is 15.5 Å². The third-order valence-corrected chi connectivity index (χ3v) is 12.1. The van der Waals surface area contributed by atoms with Gasteiger partial charge in [0.1, 0.15) is 11.5 Å². The summed E-state index contributed by atoms with van der Waals surface area (Å²) in [5, 5.41) is 0. The van der Waals surface area contributed by atoms with Crippen molar-refractivity contribution < 1.29 is 17.4 Å². The molecule has 4 aliphatic rings.